The van der Waals surface area contributed by atoms with Gasteiger partial charge < -0.3 is 10.8 Å². The van der Waals surface area contributed by atoms with Crippen LogP contribution in [0.4, 0.5) is 4.39 Å². The SMILES string of the molecule is C[C@@](N)(CC(=O)O)c1cncc(F)c1. The molecular weight excluding hydrogens is 187 g/mol. The Hall–Kier alpha value is -1.49. The molecule has 0 spiro atoms. The fraction of sp³-hybridized carbons (Fsp3) is 0.333. The Kier molecular flexibility index (Phi) is 2.81. The van der Waals surface area contributed by atoms with Gasteiger partial charge in [0.05, 0.1) is 18.2 Å². The maximum absolute atomic E-state index is 12.8. The third-order valence-corrected chi connectivity index (χ3v) is 1.88. The molecule has 3 N–H and O–H groups in total. The van der Waals surface area contributed by atoms with Gasteiger partial charge in [0.15, 0.2) is 0 Å². The molecule has 76 valence electrons. The molecular formula is C9H11FN2O2. The number of pyridine rings is 1. The van der Waals surface area contributed by atoms with E-state index >= 15 is 0 Å². The van der Waals surface area contributed by atoms with E-state index in [-0.39, 0.29) is 6.42 Å². The Morgan fingerprint density at radius 1 is 1.71 bits per heavy atom. The molecule has 0 aliphatic heterocycles. The fourth-order valence-electron chi connectivity index (χ4n) is 1.14. The Labute approximate surface area is 80.6 Å². The van der Waals surface area contributed by atoms with Crippen molar-refractivity contribution >= 4 is 5.97 Å². The summed E-state index contributed by atoms with van der Waals surface area (Å²) in [5, 5.41) is 8.59. The summed E-state index contributed by atoms with van der Waals surface area (Å²) in [6, 6.07) is 1.19. The number of carboxylic acid groups (broad SMARTS) is 1. The Morgan fingerprint density at radius 3 is 2.86 bits per heavy atom. The quantitative estimate of drug-likeness (QED) is 0.755. The first-order valence-corrected chi connectivity index (χ1v) is 4.03. The Balaban J connectivity index is 2.97. The summed E-state index contributed by atoms with van der Waals surface area (Å²) in [5.74, 6) is -1.55. The zero-order valence-corrected chi connectivity index (χ0v) is 7.70. The first-order chi connectivity index (χ1) is 6.42. The molecule has 1 aromatic heterocycles. The van der Waals surface area contributed by atoms with Crippen molar-refractivity contribution in [2.75, 3.05) is 0 Å². The number of hydrogen-bond donors (Lipinski definition) is 2. The van der Waals surface area contributed by atoms with Crippen LogP contribution in [0, 0.1) is 5.82 Å². The summed E-state index contributed by atoms with van der Waals surface area (Å²) in [6.07, 6.45) is 2.14. The van der Waals surface area contributed by atoms with Gasteiger partial charge in [-0.05, 0) is 18.6 Å². The number of carbonyl (C=O) groups is 1. The van der Waals surface area contributed by atoms with Crippen LogP contribution in [0.3, 0.4) is 0 Å². The molecule has 0 fully saturated rings. The van der Waals surface area contributed by atoms with Crippen LogP contribution in [0.15, 0.2) is 18.5 Å². The van der Waals surface area contributed by atoms with Crippen LogP contribution in [0.2, 0.25) is 0 Å². The van der Waals surface area contributed by atoms with E-state index in [2.05, 4.69) is 4.98 Å². The molecule has 0 aromatic carbocycles. The molecule has 4 nitrogen and oxygen atoms in total. The lowest BCUT2D eigenvalue weighted by Crippen LogP contribution is -2.35. The molecule has 1 atom stereocenters. The van der Waals surface area contributed by atoms with E-state index in [4.69, 9.17) is 10.8 Å². The van der Waals surface area contributed by atoms with Gasteiger partial charge in [-0.15, -0.1) is 0 Å². The number of aliphatic carboxylic acids is 1. The molecule has 0 aliphatic carbocycles. The molecule has 1 aromatic rings. The van der Waals surface area contributed by atoms with E-state index in [1.54, 1.807) is 0 Å². The fourth-order valence-corrected chi connectivity index (χ4v) is 1.14. The molecule has 0 amide bonds. The maximum atomic E-state index is 12.8. The Morgan fingerprint density at radius 2 is 2.36 bits per heavy atom. The van der Waals surface area contributed by atoms with Gasteiger partial charge in [0.1, 0.15) is 5.82 Å². The summed E-state index contributed by atoms with van der Waals surface area (Å²) in [5.41, 5.74) is 5.00. The molecule has 0 aliphatic rings. The van der Waals surface area contributed by atoms with E-state index in [0.29, 0.717) is 5.56 Å². The highest BCUT2D eigenvalue weighted by molar-refractivity contribution is 5.68. The topological polar surface area (TPSA) is 76.2 Å². The largest absolute Gasteiger partial charge is 0.481 e. The van der Waals surface area contributed by atoms with Crippen LogP contribution in [0.1, 0.15) is 18.9 Å². The molecule has 0 unspecified atom stereocenters. The van der Waals surface area contributed by atoms with Crippen molar-refractivity contribution in [3.8, 4) is 0 Å². The minimum atomic E-state index is -1.10. The van der Waals surface area contributed by atoms with Gasteiger partial charge in [0, 0.05) is 6.20 Å². The van der Waals surface area contributed by atoms with Gasteiger partial charge in [-0.1, -0.05) is 0 Å². The van der Waals surface area contributed by atoms with Crippen molar-refractivity contribution in [3.05, 3.63) is 29.8 Å². The van der Waals surface area contributed by atoms with Crippen LogP contribution < -0.4 is 5.73 Å². The second-order valence-electron chi connectivity index (χ2n) is 3.38. The molecule has 1 rings (SSSR count). The van der Waals surface area contributed by atoms with E-state index in [1.807, 2.05) is 0 Å². The zero-order valence-electron chi connectivity index (χ0n) is 7.70. The van der Waals surface area contributed by atoms with E-state index < -0.39 is 17.3 Å². The predicted octanol–water partition coefficient (Wildman–Crippen LogP) is 0.869. The number of aromatic nitrogens is 1. The third-order valence-electron chi connectivity index (χ3n) is 1.88. The van der Waals surface area contributed by atoms with Crippen molar-refractivity contribution < 1.29 is 14.3 Å². The smallest absolute Gasteiger partial charge is 0.305 e. The van der Waals surface area contributed by atoms with Gasteiger partial charge >= 0.3 is 5.97 Å². The van der Waals surface area contributed by atoms with Gasteiger partial charge in [0.2, 0.25) is 0 Å². The third kappa shape index (κ3) is 2.50. The van der Waals surface area contributed by atoms with Crippen LogP contribution in [0.25, 0.3) is 0 Å². The molecule has 1 heterocycles. The first kappa shape index (κ1) is 10.6. The van der Waals surface area contributed by atoms with Gasteiger partial charge in [-0.2, -0.15) is 0 Å². The highest BCUT2D eigenvalue weighted by Gasteiger charge is 2.25. The number of hydrogen-bond acceptors (Lipinski definition) is 3. The van der Waals surface area contributed by atoms with Crippen LogP contribution in [-0.2, 0) is 10.3 Å². The van der Waals surface area contributed by atoms with Crippen LogP contribution in [-0.4, -0.2) is 16.1 Å². The van der Waals surface area contributed by atoms with E-state index in [9.17, 15) is 9.18 Å². The number of nitrogens with zero attached hydrogens (tertiary/aromatic N) is 1. The predicted molar refractivity (Wildman–Crippen MR) is 48.0 cm³/mol. The summed E-state index contributed by atoms with van der Waals surface area (Å²) in [7, 11) is 0. The summed E-state index contributed by atoms with van der Waals surface area (Å²) >= 11 is 0. The Bertz CT molecular complexity index is 352. The minimum Gasteiger partial charge on any atom is -0.481 e. The van der Waals surface area contributed by atoms with Crippen molar-refractivity contribution in [2.45, 2.75) is 18.9 Å². The number of carboxylic acids is 1. The molecule has 14 heavy (non-hydrogen) atoms. The maximum Gasteiger partial charge on any atom is 0.305 e. The lowest BCUT2D eigenvalue weighted by Gasteiger charge is -2.22. The molecule has 0 saturated carbocycles. The van der Waals surface area contributed by atoms with Crippen LogP contribution >= 0.6 is 0 Å². The van der Waals surface area contributed by atoms with Crippen LogP contribution in [0.5, 0.6) is 0 Å². The van der Waals surface area contributed by atoms with Crippen molar-refractivity contribution in [1.82, 2.24) is 4.98 Å². The molecule has 0 radical (unpaired) electrons. The van der Waals surface area contributed by atoms with E-state index in [0.717, 1.165) is 6.20 Å². The normalized spacial score (nSPS) is 14.8. The second-order valence-corrected chi connectivity index (χ2v) is 3.38. The zero-order chi connectivity index (χ0) is 10.8. The first-order valence-electron chi connectivity index (χ1n) is 4.03. The summed E-state index contributed by atoms with van der Waals surface area (Å²) in [6.45, 7) is 1.53. The molecule has 0 saturated heterocycles. The molecule has 5 heteroatoms. The number of nitrogens with two attached hydrogens (primary N) is 1. The average Bonchev–Trinajstić information content (AvgIpc) is 2.01. The van der Waals surface area contributed by atoms with Gasteiger partial charge in [0.25, 0.3) is 0 Å². The van der Waals surface area contributed by atoms with E-state index in [1.165, 1.54) is 19.2 Å². The second kappa shape index (κ2) is 3.71. The summed E-state index contributed by atoms with van der Waals surface area (Å²) < 4.78 is 12.8. The number of rotatable bonds is 3. The highest BCUT2D eigenvalue weighted by atomic mass is 19.1. The van der Waals surface area contributed by atoms with Crippen molar-refractivity contribution in [3.63, 3.8) is 0 Å². The number of halogens is 1. The molecule has 0 bridgehead atoms. The van der Waals surface area contributed by atoms with Gasteiger partial charge in [-0.25, -0.2) is 4.39 Å². The van der Waals surface area contributed by atoms with Crippen molar-refractivity contribution in [1.29, 1.82) is 0 Å². The van der Waals surface area contributed by atoms with Crippen molar-refractivity contribution in [2.24, 2.45) is 5.73 Å². The highest BCUT2D eigenvalue weighted by Crippen LogP contribution is 2.21. The standard InChI is InChI=1S/C9H11FN2O2/c1-9(11,3-8(13)14)6-2-7(10)5-12-4-6/h2,4-5H,3,11H2,1H3,(H,13,14)/t9-/m1/s1. The summed E-state index contributed by atoms with van der Waals surface area (Å²) in [4.78, 5) is 14.1. The average molecular weight is 198 g/mol. The minimum absolute atomic E-state index is 0.266. The lowest BCUT2D eigenvalue weighted by atomic mass is 9.91. The monoisotopic (exact) mass is 198 g/mol. The van der Waals surface area contributed by atoms with Gasteiger partial charge in [-0.3, -0.25) is 9.78 Å². The lowest BCUT2D eigenvalue weighted by molar-refractivity contribution is -0.138.